The average molecular weight is 252 g/mol. The van der Waals surface area contributed by atoms with Crippen molar-refractivity contribution < 1.29 is 8.78 Å². The molecular formula is C14H18F2N2. The zero-order valence-electron chi connectivity index (χ0n) is 10.3. The monoisotopic (exact) mass is 252 g/mol. The van der Waals surface area contributed by atoms with Crippen molar-refractivity contribution in [1.29, 1.82) is 0 Å². The molecule has 98 valence electrons. The second kappa shape index (κ2) is 4.50. The Kier molecular flexibility index (Phi) is 2.98. The summed E-state index contributed by atoms with van der Waals surface area (Å²) in [4.78, 5) is 0. The summed E-state index contributed by atoms with van der Waals surface area (Å²) in [6.45, 7) is 2.20. The summed E-state index contributed by atoms with van der Waals surface area (Å²) in [5.74, 6) is -1.04. The van der Waals surface area contributed by atoms with Gasteiger partial charge in [-0.2, -0.15) is 0 Å². The molecule has 2 fully saturated rings. The van der Waals surface area contributed by atoms with Crippen molar-refractivity contribution >= 4 is 5.69 Å². The molecule has 18 heavy (non-hydrogen) atoms. The minimum Gasteiger partial charge on any atom is -0.382 e. The van der Waals surface area contributed by atoms with Crippen molar-refractivity contribution in [3.63, 3.8) is 0 Å². The number of halogens is 2. The highest BCUT2D eigenvalue weighted by molar-refractivity contribution is 5.45. The standard InChI is InChI=1S/C14H18F2N2/c15-10-5-11(16)7-12(6-10)18-13-8-14(9-13)1-3-17-4-2-14/h5-7,13,17-18H,1-4,8-9H2. The number of rotatable bonds is 2. The van der Waals surface area contributed by atoms with Crippen molar-refractivity contribution in [2.75, 3.05) is 18.4 Å². The van der Waals surface area contributed by atoms with Crippen LogP contribution in [0.3, 0.4) is 0 Å². The summed E-state index contributed by atoms with van der Waals surface area (Å²) in [6, 6.07) is 3.98. The number of benzene rings is 1. The van der Waals surface area contributed by atoms with Crippen LogP contribution in [0.15, 0.2) is 18.2 Å². The van der Waals surface area contributed by atoms with E-state index in [1.807, 2.05) is 0 Å². The van der Waals surface area contributed by atoms with Crippen molar-refractivity contribution in [1.82, 2.24) is 5.32 Å². The smallest absolute Gasteiger partial charge is 0.128 e. The van der Waals surface area contributed by atoms with Gasteiger partial charge >= 0.3 is 0 Å². The summed E-state index contributed by atoms with van der Waals surface area (Å²) < 4.78 is 26.1. The molecule has 0 amide bonds. The predicted molar refractivity (Wildman–Crippen MR) is 67.5 cm³/mol. The van der Waals surface area contributed by atoms with Gasteiger partial charge in [0, 0.05) is 17.8 Å². The first-order chi connectivity index (χ1) is 8.65. The second-order valence-electron chi connectivity index (χ2n) is 5.66. The topological polar surface area (TPSA) is 24.1 Å². The highest BCUT2D eigenvalue weighted by atomic mass is 19.1. The van der Waals surface area contributed by atoms with Gasteiger partial charge in [0.05, 0.1) is 0 Å². The first-order valence-corrected chi connectivity index (χ1v) is 6.59. The van der Waals surface area contributed by atoms with Crippen molar-refractivity contribution in [3.8, 4) is 0 Å². The molecule has 3 rings (SSSR count). The number of anilines is 1. The Hall–Kier alpha value is -1.16. The zero-order valence-corrected chi connectivity index (χ0v) is 10.3. The van der Waals surface area contributed by atoms with Crippen LogP contribution in [0.4, 0.5) is 14.5 Å². The van der Waals surface area contributed by atoms with Gasteiger partial charge in [-0.1, -0.05) is 0 Å². The number of hydrogen-bond donors (Lipinski definition) is 2. The maximum atomic E-state index is 13.1. The molecule has 1 saturated carbocycles. The van der Waals surface area contributed by atoms with Gasteiger partial charge in [0.2, 0.25) is 0 Å². The lowest BCUT2D eigenvalue weighted by Gasteiger charge is -2.50. The summed E-state index contributed by atoms with van der Waals surface area (Å²) in [6.07, 6.45) is 4.69. The van der Waals surface area contributed by atoms with Gasteiger partial charge in [-0.05, 0) is 56.3 Å². The Morgan fingerprint density at radius 3 is 2.28 bits per heavy atom. The van der Waals surface area contributed by atoms with Crippen LogP contribution in [0, 0.1) is 17.0 Å². The molecule has 1 saturated heterocycles. The minimum absolute atomic E-state index is 0.365. The molecule has 1 aromatic carbocycles. The van der Waals surface area contributed by atoms with E-state index in [4.69, 9.17) is 0 Å². The maximum Gasteiger partial charge on any atom is 0.128 e. The fourth-order valence-corrected chi connectivity index (χ4v) is 3.33. The molecule has 4 heteroatoms. The lowest BCUT2D eigenvalue weighted by Crippen LogP contribution is -2.50. The quantitative estimate of drug-likeness (QED) is 0.845. The molecule has 2 N–H and O–H groups in total. The van der Waals surface area contributed by atoms with Crippen LogP contribution < -0.4 is 10.6 Å². The molecule has 1 aromatic rings. The van der Waals surface area contributed by atoms with Crippen LogP contribution in [0.25, 0.3) is 0 Å². The summed E-state index contributed by atoms with van der Waals surface area (Å²) in [5, 5.41) is 6.60. The van der Waals surface area contributed by atoms with E-state index in [1.54, 1.807) is 0 Å². The highest BCUT2D eigenvalue weighted by Crippen LogP contribution is 2.48. The van der Waals surface area contributed by atoms with Crippen LogP contribution in [0.5, 0.6) is 0 Å². The van der Waals surface area contributed by atoms with Crippen LogP contribution in [0.1, 0.15) is 25.7 Å². The van der Waals surface area contributed by atoms with Crippen LogP contribution in [0.2, 0.25) is 0 Å². The van der Waals surface area contributed by atoms with E-state index >= 15 is 0 Å². The molecule has 1 spiro atoms. The Balaban J connectivity index is 1.59. The molecule has 0 aromatic heterocycles. The van der Waals surface area contributed by atoms with Crippen LogP contribution in [-0.4, -0.2) is 19.1 Å². The Bertz CT molecular complexity index is 413. The number of hydrogen-bond acceptors (Lipinski definition) is 2. The molecule has 1 aliphatic heterocycles. The predicted octanol–water partition coefficient (Wildman–Crippen LogP) is 2.91. The summed E-state index contributed by atoms with van der Waals surface area (Å²) in [7, 11) is 0. The fraction of sp³-hybridized carbons (Fsp3) is 0.571. The van der Waals surface area contributed by atoms with Crippen LogP contribution >= 0.6 is 0 Å². The Morgan fingerprint density at radius 2 is 1.67 bits per heavy atom. The van der Waals surface area contributed by atoms with Gasteiger partial charge in [0.1, 0.15) is 11.6 Å². The Morgan fingerprint density at radius 1 is 1.06 bits per heavy atom. The average Bonchev–Trinajstić information content (AvgIpc) is 2.27. The summed E-state index contributed by atoms with van der Waals surface area (Å²) in [5.41, 5.74) is 1.04. The third-order valence-corrected chi connectivity index (χ3v) is 4.26. The van der Waals surface area contributed by atoms with E-state index in [-0.39, 0.29) is 0 Å². The van der Waals surface area contributed by atoms with Gasteiger partial charge in [-0.15, -0.1) is 0 Å². The van der Waals surface area contributed by atoms with E-state index in [1.165, 1.54) is 25.0 Å². The summed E-state index contributed by atoms with van der Waals surface area (Å²) >= 11 is 0. The van der Waals surface area contributed by atoms with E-state index in [0.717, 1.165) is 32.0 Å². The third kappa shape index (κ3) is 2.34. The largest absolute Gasteiger partial charge is 0.382 e. The van der Waals surface area contributed by atoms with Gasteiger partial charge in [0.25, 0.3) is 0 Å². The van der Waals surface area contributed by atoms with E-state index < -0.39 is 11.6 Å². The minimum atomic E-state index is -0.520. The zero-order chi connectivity index (χ0) is 12.6. The first-order valence-electron chi connectivity index (χ1n) is 6.59. The molecule has 0 atom stereocenters. The molecular weight excluding hydrogens is 234 g/mol. The molecule has 0 radical (unpaired) electrons. The van der Waals surface area contributed by atoms with Gasteiger partial charge in [-0.25, -0.2) is 8.78 Å². The lowest BCUT2D eigenvalue weighted by molar-refractivity contribution is 0.0718. The van der Waals surface area contributed by atoms with Crippen LogP contribution in [-0.2, 0) is 0 Å². The molecule has 2 aliphatic rings. The molecule has 0 bridgehead atoms. The highest BCUT2D eigenvalue weighted by Gasteiger charge is 2.44. The van der Waals surface area contributed by atoms with Gasteiger partial charge in [0.15, 0.2) is 0 Å². The maximum absolute atomic E-state index is 13.1. The Labute approximate surface area is 106 Å². The van der Waals surface area contributed by atoms with E-state index in [2.05, 4.69) is 10.6 Å². The van der Waals surface area contributed by atoms with Gasteiger partial charge in [-0.3, -0.25) is 0 Å². The van der Waals surface area contributed by atoms with Crippen molar-refractivity contribution in [2.45, 2.75) is 31.7 Å². The molecule has 1 heterocycles. The first kappa shape index (κ1) is 11.9. The van der Waals surface area contributed by atoms with E-state index in [0.29, 0.717) is 17.1 Å². The van der Waals surface area contributed by atoms with Gasteiger partial charge < -0.3 is 10.6 Å². The van der Waals surface area contributed by atoms with Crippen molar-refractivity contribution in [3.05, 3.63) is 29.8 Å². The van der Waals surface area contributed by atoms with E-state index in [9.17, 15) is 8.78 Å². The SMILES string of the molecule is Fc1cc(F)cc(NC2CC3(CCNCC3)C2)c1. The third-order valence-electron chi connectivity index (χ3n) is 4.26. The number of nitrogens with one attached hydrogen (secondary N) is 2. The molecule has 2 nitrogen and oxygen atoms in total. The second-order valence-corrected chi connectivity index (χ2v) is 5.66. The lowest BCUT2D eigenvalue weighted by atomic mass is 9.60. The normalized spacial score (nSPS) is 22.8. The fourth-order valence-electron chi connectivity index (χ4n) is 3.33. The molecule has 0 unspecified atom stereocenters. The molecule has 1 aliphatic carbocycles. The number of piperidine rings is 1. The van der Waals surface area contributed by atoms with Crippen molar-refractivity contribution in [2.24, 2.45) is 5.41 Å².